The molecule has 0 aromatic heterocycles. The summed E-state index contributed by atoms with van der Waals surface area (Å²) in [5.74, 6) is -2.01. The largest absolute Gasteiger partial charge is 0.481 e. The number of carbonyl (C=O) groups excluding carboxylic acids is 1. The molecule has 1 amide bonds. The van der Waals surface area contributed by atoms with Crippen LogP contribution >= 0.6 is 0 Å². The highest BCUT2D eigenvalue weighted by Crippen LogP contribution is 2.35. The molecule has 1 heterocycles. The molecule has 3 rings (SSSR count). The fourth-order valence-corrected chi connectivity index (χ4v) is 2.59. The molecule has 19 heavy (non-hydrogen) atoms. The Bertz CT molecular complexity index is 540. The van der Waals surface area contributed by atoms with Gasteiger partial charge in [-0.05, 0) is 36.1 Å². The van der Waals surface area contributed by atoms with Crippen molar-refractivity contribution in [2.45, 2.75) is 26.1 Å². The van der Waals surface area contributed by atoms with Crippen LogP contribution in [0.5, 0.6) is 0 Å². The zero-order chi connectivity index (χ0) is 13.4. The van der Waals surface area contributed by atoms with Gasteiger partial charge in [-0.3, -0.25) is 9.59 Å². The fourth-order valence-electron chi connectivity index (χ4n) is 2.59. The van der Waals surface area contributed by atoms with Crippen LogP contribution in [0.4, 0.5) is 5.69 Å². The topological polar surface area (TPSA) is 75.6 Å². The predicted octanol–water partition coefficient (Wildman–Crippen LogP) is 1.77. The molecule has 0 spiro atoms. The average molecular weight is 261 g/mol. The van der Waals surface area contributed by atoms with Crippen molar-refractivity contribution in [2.75, 3.05) is 5.32 Å². The van der Waals surface area contributed by atoms with Gasteiger partial charge >= 0.3 is 5.97 Å². The molecule has 5 nitrogen and oxygen atoms in total. The SMILES string of the molecule is O=C(O)C1CCC1C(=O)Nc1ccc2c(c1)COC2. The van der Waals surface area contributed by atoms with E-state index in [9.17, 15) is 9.59 Å². The van der Waals surface area contributed by atoms with Crippen molar-refractivity contribution < 1.29 is 19.4 Å². The van der Waals surface area contributed by atoms with Gasteiger partial charge in [0.25, 0.3) is 0 Å². The lowest BCUT2D eigenvalue weighted by Gasteiger charge is -2.31. The summed E-state index contributed by atoms with van der Waals surface area (Å²) in [7, 11) is 0. The normalized spacial score (nSPS) is 24.4. The van der Waals surface area contributed by atoms with Gasteiger partial charge in [0.15, 0.2) is 0 Å². The maximum atomic E-state index is 12.0. The molecule has 2 N–H and O–H groups in total. The lowest BCUT2D eigenvalue weighted by molar-refractivity contribution is -0.151. The van der Waals surface area contributed by atoms with Gasteiger partial charge in [0.2, 0.25) is 5.91 Å². The zero-order valence-corrected chi connectivity index (χ0v) is 10.4. The molecule has 0 bridgehead atoms. The van der Waals surface area contributed by atoms with Gasteiger partial charge in [-0.25, -0.2) is 0 Å². The summed E-state index contributed by atoms with van der Waals surface area (Å²) < 4.78 is 5.31. The van der Waals surface area contributed by atoms with Crippen LogP contribution in [0.3, 0.4) is 0 Å². The van der Waals surface area contributed by atoms with Crippen molar-refractivity contribution in [2.24, 2.45) is 11.8 Å². The number of rotatable bonds is 3. The third kappa shape index (κ3) is 2.21. The lowest BCUT2D eigenvalue weighted by Crippen LogP contribution is -2.41. The number of fused-ring (bicyclic) bond motifs is 1. The van der Waals surface area contributed by atoms with E-state index < -0.39 is 17.8 Å². The first-order valence-corrected chi connectivity index (χ1v) is 6.38. The Morgan fingerprint density at radius 2 is 1.89 bits per heavy atom. The molecule has 0 saturated heterocycles. The summed E-state index contributed by atoms with van der Waals surface area (Å²) in [6, 6.07) is 5.67. The molecule has 2 atom stereocenters. The van der Waals surface area contributed by atoms with Crippen LogP contribution in [0.1, 0.15) is 24.0 Å². The highest BCUT2D eigenvalue weighted by Gasteiger charge is 2.41. The standard InChI is InChI=1S/C14H15NO4/c16-13(11-3-4-12(11)14(17)18)15-10-2-1-8-6-19-7-9(8)5-10/h1-2,5,11-12H,3-4,6-7H2,(H,15,16)(H,17,18). The number of aliphatic carboxylic acids is 1. The van der Waals surface area contributed by atoms with E-state index in [4.69, 9.17) is 9.84 Å². The van der Waals surface area contributed by atoms with E-state index in [1.165, 1.54) is 0 Å². The van der Waals surface area contributed by atoms with Gasteiger partial charge in [-0.2, -0.15) is 0 Å². The number of hydrogen-bond donors (Lipinski definition) is 2. The van der Waals surface area contributed by atoms with E-state index in [1.54, 1.807) is 0 Å². The number of anilines is 1. The third-order valence-corrected chi connectivity index (χ3v) is 3.92. The fraction of sp³-hybridized carbons (Fsp3) is 0.429. The van der Waals surface area contributed by atoms with Crippen LogP contribution < -0.4 is 5.32 Å². The lowest BCUT2D eigenvalue weighted by atomic mass is 9.73. The molecule has 0 radical (unpaired) electrons. The smallest absolute Gasteiger partial charge is 0.307 e. The second-order valence-electron chi connectivity index (χ2n) is 5.09. The molecule has 1 aliphatic carbocycles. The Kier molecular flexibility index (Phi) is 2.98. The molecule has 1 saturated carbocycles. The van der Waals surface area contributed by atoms with Crippen LogP contribution in [0.2, 0.25) is 0 Å². The van der Waals surface area contributed by atoms with E-state index in [-0.39, 0.29) is 5.91 Å². The second-order valence-corrected chi connectivity index (χ2v) is 5.09. The Labute approximate surface area is 110 Å². The van der Waals surface area contributed by atoms with Gasteiger partial charge in [0.05, 0.1) is 25.0 Å². The van der Waals surface area contributed by atoms with Crippen LogP contribution in [0.15, 0.2) is 18.2 Å². The number of ether oxygens (including phenoxy) is 1. The highest BCUT2D eigenvalue weighted by atomic mass is 16.5. The zero-order valence-electron chi connectivity index (χ0n) is 10.4. The molecule has 1 fully saturated rings. The van der Waals surface area contributed by atoms with Crippen molar-refractivity contribution in [1.29, 1.82) is 0 Å². The Hall–Kier alpha value is -1.88. The van der Waals surface area contributed by atoms with E-state index in [0.29, 0.717) is 31.7 Å². The molecule has 1 aromatic rings. The van der Waals surface area contributed by atoms with Crippen molar-refractivity contribution in [3.05, 3.63) is 29.3 Å². The van der Waals surface area contributed by atoms with E-state index in [2.05, 4.69) is 5.32 Å². The number of carboxylic acid groups (broad SMARTS) is 1. The van der Waals surface area contributed by atoms with E-state index in [1.807, 2.05) is 18.2 Å². The molecular formula is C14H15NO4. The number of benzene rings is 1. The summed E-state index contributed by atoms with van der Waals surface area (Å²) in [6.45, 7) is 1.19. The molecule has 2 unspecified atom stereocenters. The maximum absolute atomic E-state index is 12.0. The number of amides is 1. The van der Waals surface area contributed by atoms with Crippen LogP contribution in [0.25, 0.3) is 0 Å². The highest BCUT2D eigenvalue weighted by molar-refractivity contribution is 5.96. The van der Waals surface area contributed by atoms with Crippen LogP contribution in [-0.2, 0) is 27.5 Å². The minimum Gasteiger partial charge on any atom is -0.481 e. The molecule has 5 heteroatoms. The van der Waals surface area contributed by atoms with Crippen LogP contribution in [-0.4, -0.2) is 17.0 Å². The van der Waals surface area contributed by atoms with Gasteiger partial charge in [0.1, 0.15) is 0 Å². The summed E-state index contributed by atoms with van der Waals surface area (Å²) in [5.41, 5.74) is 2.94. The Morgan fingerprint density at radius 1 is 1.16 bits per heavy atom. The van der Waals surface area contributed by atoms with Gasteiger partial charge in [-0.1, -0.05) is 6.07 Å². The van der Waals surface area contributed by atoms with Crippen molar-refractivity contribution in [3.63, 3.8) is 0 Å². The number of carbonyl (C=O) groups is 2. The number of carboxylic acids is 1. The van der Waals surface area contributed by atoms with Gasteiger partial charge in [0, 0.05) is 5.69 Å². The number of hydrogen-bond acceptors (Lipinski definition) is 3. The van der Waals surface area contributed by atoms with Gasteiger partial charge in [-0.15, -0.1) is 0 Å². The summed E-state index contributed by atoms with van der Waals surface area (Å²) in [6.07, 6.45) is 1.24. The maximum Gasteiger partial charge on any atom is 0.307 e. The average Bonchev–Trinajstić information content (AvgIpc) is 2.73. The molecule has 2 aliphatic rings. The minimum absolute atomic E-state index is 0.197. The summed E-state index contributed by atoms with van der Waals surface area (Å²) >= 11 is 0. The monoisotopic (exact) mass is 261 g/mol. The van der Waals surface area contributed by atoms with Crippen LogP contribution in [0, 0.1) is 11.8 Å². The van der Waals surface area contributed by atoms with Crippen molar-refractivity contribution in [1.82, 2.24) is 0 Å². The minimum atomic E-state index is -0.881. The van der Waals surface area contributed by atoms with E-state index in [0.717, 1.165) is 11.1 Å². The van der Waals surface area contributed by atoms with E-state index >= 15 is 0 Å². The van der Waals surface area contributed by atoms with Gasteiger partial charge < -0.3 is 15.2 Å². The number of nitrogens with one attached hydrogen (secondary N) is 1. The Morgan fingerprint density at radius 3 is 2.58 bits per heavy atom. The quantitative estimate of drug-likeness (QED) is 0.869. The summed E-state index contributed by atoms with van der Waals surface area (Å²) in [5, 5.41) is 11.7. The molecule has 1 aromatic carbocycles. The third-order valence-electron chi connectivity index (χ3n) is 3.92. The molecule has 100 valence electrons. The second kappa shape index (κ2) is 4.66. The first-order chi connectivity index (χ1) is 9.15. The first kappa shape index (κ1) is 12.2. The Balaban J connectivity index is 1.68. The predicted molar refractivity (Wildman–Crippen MR) is 67.4 cm³/mol. The van der Waals surface area contributed by atoms with Crippen molar-refractivity contribution >= 4 is 17.6 Å². The van der Waals surface area contributed by atoms with Crippen molar-refractivity contribution in [3.8, 4) is 0 Å². The molecular weight excluding hydrogens is 246 g/mol. The molecule has 1 aliphatic heterocycles. The first-order valence-electron chi connectivity index (χ1n) is 6.38. The summed E-state index contributed by atoms with van der Waals surface area (Å²) in [4.78, 5) is 22.9.